The molecule has 10 heteroatoms. The zero-order chi connectivity index (χ0) is 27.3. The van der Waals surface area contributed by atoms with Gasteiger partial charge in [0, 0.05) is 11.1 Å². The molecule has 0 bridgehead atoms. The summed E-state index contributed by atoms with van der Waals surface area (Å²) in [6.07, 6.45) is 0.833. The molecule has 0 aromatic heterocycles. The molecule has 2 amide bonds. The Kier molecular flexibility index (Phi) is 6.66. The zero-order valence-corrected chi connectivity index (χ0v) is 18.4. The minimum absolute atomic E-state index is 0.00385. The minimum atomic E-state index is -2.72. The molecule has 2 aromatic carbocycles. The summed E-state index contributed by atoms with van der Waals surface area (Å²) >= 11 is 0. The number of amides is 2. The summed E-state index contributed by atoms with van der Waals surface area (Å²) < 4.78 is 61.8. The van der Waals surface area contributed by atoms with Gasteiger partial charge in [-0.05, 0) is 54.7 Å². The molecule has 0 unspecified atom stereocenters. The summed E-state index contributed by atoms with van der Waals surface area (Å²) in [4.78, 5) is 42.9. The highest BCUT2D eigenvalue weighted by molar-refractivity contribution is 6.13. The number of rotatable bonds is 8. The molecule has 0 spiro atoms. The molecule has 0 atom stereocenters. The molecular formula is C24H24F2N2O6. The zero-order valence-electron chi connectivity index (χ0n) is 21.4. The summed E-state index contributed by atoms with van der Waals surface area (Å²) in [5.74, 6) is -4.92. The van der Waals surface area contributed by atoms with Crippen LogP contribution in [0.15, 0.2) is 47.5 Å². The summed E-state index contributed by atoms with van der Waals surface area (Å²) in [7, 11) is -0.446. The number of carbonyl (C=O) groups excluding carboxylic acids is 3. The van der Waals surface area contributed by atoms with E-state index in [4.69, 9.17) is 8.85 Å². The van der Waals surface area contributed by atoms with Crippen molar-refractivity contribution in [2.24, 2.45) is 0 Å². The Morgan fingerprint density at radius 3 is 2.41 bits per heavy atom. The van der Waals surface area contributed by atoms with Crippen LogP contribution in [0.4, 0.5) is 14.5 Å². The predicted molar refractivity (Wildman–Crippen MR) is 119 cm³/mol. The van der Waals surface area contributed by atoms with Crippen LogP contribution in [0, 0.1) is 11.6 Å². The summed E-state index contributed by atoms with van der Waals surface area (Å²) in [6, 6.07) is 7.48. The van der Waals surface area contributed by atoms with Gasteiger partial charge in [-0.25, -0.2) is 14.3 Å². The SMILES string of the molecule is [2H]C([2H])([2H])Oc1cccc(-c2cc(F)c(N(CC(=O)OC)C(=O)C3=C(C(=O)NOC)CCC3)c(F)c2)c1. The molecule has 0 saturated carbocycles. The number of esters is 1. The number of carbonyl (C=O) groups is 3. The lowest BCUT2D eigenvalue weighted by Gasteiger charge is -2.24. The van der Waals surface area contributed by atoms with E-state index in [0.29, 0.717) is 11.3 Å². The van der Waals surface area contributed by atoms with Crippen molar-refractivity contribution in [3.63, 3.8) is 0 Å². The number of methoxy groups -OCH3 is 2. The molecule has 0 fully saturated rings. The molecule has 1 aliphatic carbocycles. The van der Waals surface area contributed by atoms with Crippen molar-refractivity contribution in [2.75, 3.05) is 32.7 Å². The standard InChI is InChI=1S/C24H24F2N2O6/c1-32-16-7-4-6-14(10-16)15-11-19(25)22(20(26)12-15)28(13-21(29)33-2)24(31)18-9-5-8-17(18)23(30)27-34-3/h4,6-7,10-12H,5,8-9,13H2,1-3H3,(H,27,30)/i1D3. The minimum Gasteiger partial charge on any atom is -0.497 e. The molecular weight excluding hydrogens is 450 g/mol. The predicted octanol–water partition coefficient (Wildman–Crippen LogP) is 3.30. The van der Waals surface area contributed by atoms with Crippen LogP contribution in [0.3, 0.4) is 0 Å². The van der Waals surface area contributed by atoms with E-state index in [9.17, 15) is 14.4 Å². The fourth-order valence-corrected chi connectivity index (χ4v) is 3.72. The van der Waals surface area contributed by atoms with E-state index in [1.165, 1.54) is 31.4 Å². The van der Waals surface area contributed by atoms with E-state index in [0.717, 1.165) is 19.2 Å². The van der Waals surface area contributed by atoms with Crippen LogP contribution in [-0.2, 0) is 24.0 Å². The molecule has 1 N–H and O–H groups in total. The number of nitrogens with zero attached hydrogens (tertiary/aromatic N) is 1. The molecule has 180 valence electrons. The van der Waals surface area contributed by atoms with Crippen molar-refractivity contribution in [1.29, 1.82) is 0 Å². The van der Waals surface area contributed by atoms with Crippen LogP contribution in [-0.4, -0.2) is 45.6 Å². The second-order valence-corrected chi connectivity index (χ2v) is 7.33. The second kappa shape index (κ2) is 10.9. The maximum atomic E-state index is 15.4. The molecule has 1 aliphatic rings. The summed E-state index contributed by atoms with van der Waals surface area (Å²) in [5.41, 5.74) is 1.67. The van der Waals surface area contributed by atoms with Crippen molar-refractivity contribution in [3.05, 3.63) is 59.2 Å². The number of hydrogen-bond donors (Lipinski definition) is 1. The molecule has 0 saturated heterocycles. The lowest BCUT2D eigenvalue weighted by Crippen LogP contribution is -2.39. The number of ether oxygens (including phenoxy) is 2. The number of hydroxylamine groups is 1. The van der Waals surface area contributed by atoms with Crippen LogP contribution >= 0.6 is 0 Å². The highest BCUT2D eigenvalue weighted by Gasteiger charge is 2.33. The Balaban J connectivity index is 2.05. The van der Waals surface area contributed by atoms with Crippen LogP contribution in [0.1, 0.15) is 23.4 Å². The number of hydrogen-bond acceptors (Lipinski definition) is 6. The number of anilines is 1. The Labute approximate surface area is 199 Å². The fourth-order valence-electron chi connectivity index (χ4n) is 3.72. The van der Waals surface area contributed by atoms with Gasteiger partial charge in [0.25, 0.3) is 11.8 Å². The average Bonchev–Trinajstić information content (AvgIpc) is 3.31. The first-order valence-corrected chi connectivity index (χ1v) is 10.2. The molecule has 34 heavy (non-hydrogen) atoms. The van der Waals surface area contributed by atoms with E-state index < -0.39 is 48.7 Å². The van der Waals surface area contributed by atoms with Crippen LogP contribution in [0.2, 0.25) is 0 Å². The van der Waals surface area contributed by atoms with Crippen molar-refractivity contribution < 1.29 is 41.6 Å². The van der Waals surface area contributed by atoms with Gasteiger partial charge in [-0.1, -0.05) is 12.1 Å². The van der Waals surface area contributed by atoms with Crippen molar-refractivity contribution in [2.45, 2.75) is 19.3 Å². The first kappa shape index (κ1) is 20.8. The molecule has 3 rings (SSSR count). The van der Waals surface area contributed by atoms with Gasteiger partial charge in [0.05, 0.1) is 25.4 Å². The van der Waals surface area contributed by atoms with Crippen LogP contribution in [0.5, 0.6) is 5.75 Å². The van der Waals surface area contributed by atoms with E-state index in [1.807, 2.05) is 0 Å². The van der Waals surface area contributed by atoms with Crippen LogP contribution < -0.4 is 15.1 Å². The normalized spacial score (nSPS) is 14.6. The maximum absolute atomic E-state index is 15.4. The molecule has 8 nitrogen and oxygen atoms in total. The highest BCUT2D eigenvalue weighted by atomic mass is 19.1. The monoisotopic (exact) mass is 477 g/mol. The second-order valence-electron chi connectivity index (χ2n) is 7.33. The Morgan fingerprint density at radius 1 is 1.06 bits per heavy atom. The first-order valence-electron chi connectivity index (χ1n) is 11.7. The van der Waals surface area contributed by atoms with E-state index in [1.54, 1.807) is 0 Å². The summed E-state index contributed by atoms with van der Waals surface area (Å²) in [6.45, 7) is -0.812. The third-order valence-electron chi connectivity index (χ3n) is 5.28. The first-order chi connectivity index (χ1) is 17.4. The van der Waals surface area contributed by atoms with Gasteiger partial charge < -0.3 is 9.47 Å². The third kappa shape index (κ3) is 5.23. The highest BCUT2D eigenvalue weighted by Crippen LogP contribution is 2.34. The van der Waals surface area contributed by atoms with Crippen LogP contribution in [0.25, 0.3) is 11.1 Å². The molecule has 0 aliphatic heterocycles. The summed E-state index contributed by atoms with van der Waals surface area (Å²) in [5, 5.41) is 0. The fraction of sp³-hybridized carbons (Fsp3) is 0.292. The lowest BCUT2D eigenvalue weighted by atomic mass is 10.0. The van der Waals surface area contributed by atoms with Crippen molar-refractivity contribution in [1.82, 2.24) is 5.48 Å². The maximum Gasteiger partial charge on any atom is 0.325 e. The smallest absolute Gasteiger partial charge is 0.325 e. The molecule has 0 radical (unpaired) electrons. The van der Waals surface area contributed by atoms with E-state index >= 15 is 8.78 Å². The van der Waals surface area contributed by atoms with Gasteiger partial charge >= 0.3 is 5.97 Å². The quantitative estimate of drug-likeness (QED) is 0.463. The molecule has 0 heterocycles. The van der Waals surface area contributed by atoms with Crippen molar-refractivity contribution >= 4 is 23.5 Å². The number of nitrogens with one attached hydrogen (secondary N) is 1. The average molecular weight is 477 g/mol. The number of halogens is 2. The Hall–Kier alpha value is -3.79. The van der Waals surface area contributed by atoms with Gasteiger partial charge in [0.1, 0.15) is 18.0 Å². The Morgan fingerprint density at radius 2 is 1.76 bits per heavy atom. The largest absolute Gasteiger partial charge is 0.497 e. The lowest BCUT2D eigenvalue weighted by molar-refractivity contribution is -0.139. The Bertz CT molecular complexity index is 1230. The third-order valence-corrected chi connectivity index (χ3v) is 5.28. The number of benzene rings is 2. The topological polar surface area (TPSA) is 94.2 Å². The molecule has 2 aromatic rings. The van der Waals surface area contributed by atoms with Gasteiger partial charge in [-0.3, -0.25) is 24.1 Å². The van der Waals surface area contributed by atoms with E-state index in [-0.39, 0.29) is 40.9 Å². The van der Waals surface area contributed by atoms with E-state index in [2.05, 4.69) is 15.1 Å². The van der Waals surface area contributed by atoms with Gasteiger partial charge in [-0.15, -0.1) is 0 Å². The van der Waals surface area contributed by atoms with Gasteiger partial charge in [0.15, 0.2) is 11.6 Å². The van der Waals surface area contributed by atoms with Gasteiger partial charge in [0.2, 0.25) is 0 Å². The van der Waals surface area contributed by atoms with Gasteiger partial charge in [-0.2, -0.15) is 0 Å². The van der Waals surface area contributed by atoms with Crippen molar-refractivity contribution in [3.8, 4) is 16.9 Å².